The normalized spacial score (nSPS) is 18.8. The molecule has 1 saturated carbocycles. The number of fused-ring (bicyclic) bond motifs is 1. The van der Waals surface area contributed by atoms with E-state index in [0.29, 0.717) is 16.5 Å². The molecule has 9 nitrogen and oxygen atoms in total. The van der Waals surface area contributed by atoms with Crippen LogP contribution in [0.15, 0.2) is 48.8 Å². The van der Waals surface area contributed by atoms with Gasteiger partial charge in [-0.25, -0.2) is 9.37 Å². The SMILES string of the molecule is COc1ccc(Cl)cc1NC(=O)c1ncn2c1C(=O)N(C1CC1)[C@](C)(C(=O)NCc1ccc(F)cc1)C2. The van der Waals surface area contributed by atoms with Crippen LogP contribution in [-0.4, -0.2) is 50.9 Å². The average molecular weight is 526 g/mol. The zero-order chi connectivity index (χ0) is 26.3. The van der Waals surface area contributed by atoms with Gasteiger partial charge in [0, 0.05) is 17.6 Å². The number of ether oxygens (including phenoxy) is 1. The van der Waals surface area contributed by atoms with Gasteiger partial charge >= 0.3 is 0 Å². The summed E-state index contributed by atoms with van der Waals surface area (Å²) in [6, 6.07) is 10.5. The molecular formula is C26H25ClFN5O4. The number of aromatic nitrogens is 2. The number of rotatable bonds is 7. The minimum atomic E-state index is -1.20. The maximum Gasteiger partial charge on any atom is 0.276 e. The van der Waals surface area contributed by atoms with Crippen molar-refractivity contribution in [2.45, 2.75) is 44.4 Å². The molecule has 2 aromatic carbocycles. The second-order valence-corrected chi connectivity index (χ2v) is 9.79. The minimum Gasteiger partial charge on any atom is -0.495 e. The molecule has 192 valence electrons. The molecule has 3 aromatic rings. The van der Waals surface area contributed by atoms with Crippen molar-refractivity contribution < 1.29 is 23.5 Å². The summed E-state index contributed by atoms with van der Waals surface area (Å²) in [6.45, 7) is 2.02. The molecule has 37 heavy (non-hydrogen) atoms. The first-order chi connectivity index (χ1) is 17.7. The molecule has 0 spiro atoms. The molecule has 1 fully saturated rings. The Balaban J connectivity index is 1.41. The number of carbonyl (C=O) groups excluding carboxylic acids is 3. The van der Waals surface area contributed by atoms with E-state index in [1.807, 2.05) is 0 Å². The van der Waals surface area contributed by atoms with Crippen molar-refractivity contribution in [2.24, 2.45) is 0 Å². The third-order valence-corrected chi connectivity index (χ3v) is 6.90. The van der Waals surface area contributed by atoms with Crippen molar-refractivity contribution in [3.63, 3.8) is 0 Å². The Kier molecular flexibility index (Phi) is 6.36. The standard InChI is InChI=1S/C26H25ClFN5O4/c1-26(25(36)29-12-15-3-6-17(28)7-4-15)13-32-14-30-21(22(32)24(35)33(26)18-8-9-18)23(34)31-19-11-16(27)5-10-20(19)37-2/h3-7,10-11,14,18H,8-9,12-13H2,1-2H3,(H,29,36)(H,31,34)/t26-/m0/s1. The summed E-state index contributed by atoms with van der Waals surface area (Å²) >= 11 is 6.07. The number of benzene rings is 2. The number of methoxy groups -OCH3 is 1. The second kappa shape index (κ2) is 9.51. The van der Waals surface area contributed by atoms with E-state index in [0.717, 1.165) is 18.4 Å². The molecule has 5 rings (SSSR count). The van der Waals surface area contributed by atoms with Crippen LogP contribution in [-0.2, 0) is 17.9 Å². The van der Waals surface area contributed by atoms with Gasteiger partial charge in [0.05, 0.1) is 25.7 Å². The van der Waals surface area contributed by atoms with Gasteiger partial charge in [-0.1, -0.05) is 23.7 Å². The van der Waals surface area contributed by atoms with E-state index in [9.17, 15) is 18.8 Å². The summed E-state index contributed by atoms with van der Waals surface area (Å²) in [5, 5.41) is 6.00. The smallest absolute Gasteiger partial charge is 0.276 e. The van der Waals surface area contributed by atoms with Crippen molar-refractivity contribution in [3.05, 3.63) is 76.6 Å². The third-order valence-electron chi connectivity index (χ3n) is 6.66. The quantitative estimate of drug-likeness (QED) is 0.490. The largest absolute Gasteiger partial charge is 0.495 e. The van der Waals surface area contributed by atoms with Crippen molar-refractivity contribution in [3.8, 4) is 5.75 Å². The van der Waals surface area contributed by atoms with Gasteiger partial charge in [-0.3, -0.25) is 14.4 Å². The Morgan fingerprint density at radius 3 is 2.62 bits per heavy atom. The van der Waals surface area contributed by atoms with Crippen LogP contribution in [0.3, 0.4) is 0 Å². The first-order valence-corrected chi connectivity index (χ1v) is 12.2. The predicted molar refractivity (Wildman–Crippen MR) is 134 cm³/mol. The fourth-order valence-electron chi connectivity index (χ4n) is 4.66. The Labute approximate surface area is 217 Å². The van der Waals surface area contributed by atoms with Crippen molar-refractivity contribution >= 4 is 35.0 Å². The molecule has 1 aromatic heterocycles. The lowest BCUT2D eigenvalue weighted by atomic mass is 9.93. The Morgan fingerprint density at radius 1 is 1.22 bits per heavy atom. The van der Waals surface area contributed by atoms with E-state index in [1.165, 1.54) is 25.6 Å². The Morgan fingerprint density at radius 2 is 1.95 bits per heavy atom. The van der Waals surface area contributed by atoms with Crippen LogP contribution in [0.25, 0.3) is 0 Å². The van der Waals surface area contributed by atoms with Gasteiger partial charge in [-0.05, 0) is 55.7 Å². The van der Waals surface area contributed by atoms with E-state index in [2.05, 4.69) is 15.6 Å². The maximum absolute atomic E-state index is 13.8. The third kappa shape index (κ3) is 4.64. The van der Waals surface area contributed by atoms with Crippen LogP contribution in [0, 0.1) is 5.82 Å². The van der Waals surface area contributed by atoms with Crippen LogP contribution in [0.5, 0.6) is 5.75 Å². The van der Waals surface area contributed by atoms with Gasteiger partial charge in [-0.2, -0.15) is 0 Å². The first kappa shape index (κ1) is 24.8. The molecule has 11 heteroatoms. The number of amides is 3. The van der Waals surface area contributed by atoms with Gasteiger partial charge in [0.2, 0.25) is 5.91 Å². The molecule has 2 N–H and O–H groups in total. The van der Waals surface area contributed by atoms with E-state index in [-0.39, 0.29) is 42.2 Å². The molecule has 1 aliphatic carbocycles. The van der Waals surface area contributed by atoms with Crippen LogP contribution >= 0.6 is 11.6 Å². The van der Waals surface area contributed by atoms with Gasteiger partial charge < -0.3 is 24.8 Å². The van der Waals surface area contributed by atoms with Crippen LogP contribution in [0.2, 0.25) is 5.02 Å². The van der Waals surface area contributed by atoms with Gasteiger partial charge in [-0.15, -0.1) is 0 Å². The summed E-state index contributed by atoms with van der Waals surface area (Å²) in [5.74, 6) is -1.33. The number of hydrogen-bond acceptors (Lipinski definition) is 5. The Bertz CT molecular complexity index is 1390. The minimum absolute atomic E-state index is 0.0496. The predicted octanol–water partition coefficient (Wildman–Crippen LogP) is 3.63. The molecule has 1 aliphatic heterocycles. The number of nitrogens with zero attached hydrogens (tertiary/aromatic N) is 3. The van der Waals surface area contributed by atoms with Crippen molar-refractivity contribution in [1.29, 1.82) is 0 Å². The lowest BCUT2D eigenvalue weighted by molar-refractivity contribution is -0.133. The highest BCUT2D eigenvalue weighted by Gasteiger charge is 2.53. The summed E-state index contributed by atoms with van der Waals surface area (Å²) < 4.78 is 20.1. The molecule has 2 aliphatic rings. The highest BCUT2D eigenvalue weighted by atomic mass is 35.5. The summed E-state index contributed by atoms with van der Waals surface area (Å²) in [5.41, 5.74) is -0.0532. The molecular weight excluding hydrogens is 501 g/mol. The van der Waals surface area contributed by atoms with Crippen LogP contribution in [0.1, 0.15) is 46.3 Å². The number of imidazole rings is 1. The molecule has 0 unspecified atom stereocenters. The monoisotopic (exact) mass is 525 g/mol. The lowest BCUT2D eigenvalue weighted by Gasteiger charge is -2.44. The van der Waals surface area contributed by atoms with E-state index < -0.39 is 17.4 Å². The number of anilines is 1. The molecule has 3 amide bonds. The first-order valence-electron chi connectivity index (χ1n) is 11.8. The topological polar surface area (TPSA) is 106 Å². The highest BCUT2D eigenvalue weighted by Crippen LogP contribution is 2.39. The number of hydrogen-bond donors (Lipinski definition) is 2. The van der Waals surface area contributed by atoms with Crippen LogP contribution in [0.4, 0.5) is 10.1 Å². The molecule has 1 atom stereocenters. The number of nitrogens with one attached hydrogen (secondary N) is 2. The van der Waals surface area contributed by atoms with Crippen molar-refractivity contribution in [2.75, 3.05) is 12.4 Å². The van der Waals surface area contributed by atoms with Gasteiger partial charge in [0.15, 0.2) is 5.69 Å². The van der Waals surface area contributed by atoms with E-state index in [1.54, 1.807) is 46.7 Å². The van der Waals surface area contributed by atoms with E-state index in [4.69, 9.17) is 16.3 Å². The summed E-state index contributed by atoms with van der Waals surface area (Å²) in [7, 11) is 1.47. The molecule has 2 heterocycles. The van der Waals surface area contributed by atoms with E-state index >= 15 is 0 Å². The summed E-state index contributed by atoms with van der Waals surface area (Å²) in [6.07, 6.45) is 2.93. The van der Waals surface area contributed by atoms with Crippen LogP contribution < -0.4 is 15.4 Å². The van der Waals surface area contributed by atoms with Crippen molar-refractivity contribution in [1.82, 2.24) is 19.8 Å². The maximum atomic E-state index is 13.8. The number of halogens is 2. The molecule has 0 bridgehead atoms. The zero-order valence-corrected chi connectivity index (χ0v) is 21.0. The number of carbonyl (C=O) groups is 3. The lowest BCUT2D eigenvalue weighted by Crippen LogP contribution is -2.64. The molecule has 0 saturated heterocycles. The Hall–Kier alpha value is -3.92. The fraction of sp³-hybridized carbons (Fsp3) is 0.308. The summed E-state index contributed by atoms with van der Waals surface area (Å²) in [4.78, 5) is 46.2. The second-order valence-electron chi connectivity index (χ2n) is 9.36. The zero-order valence-electron chi connectivity index (χ0n) is 20.3. The average Bonchev–Trinajstić information content (AvgIpc) is 3.61. The van der Waals surface area contributed by atoms with Gasteiger partial charge in [0.25, 0.3) is 11.8 Å². The fourth-order valence-corrected chi connectivity index (χ4v) is 4.83. The molecule has 0 radical (unpaired) electrons. The van der Waals surface area contributed by atoms with Gasteiger partial charge in [0.1, 0.15) is 22.8 Å². The highest BCUT2D eigenvalue weighted by molar-refractivity contribution is 6.31.